The Balaban J connectivity index is 2.02. The molecule has 2 aromatic rings. The number of nitrogens with one attached hydrogen (secondary N) is 2. The molecule has 23 heavy (non-hydrogen) atoms. The molecule has 122 valence electrons. The quantitative estimate of drug-likeness (QED) is 0.792. The van der Waals surface area contributed by atoms with E-state index in [0.717, 1.165) is 17.7 Å². The van der Waals surface area contributed by atoms with Gasteiger partial charge in [0.05, 0.1) is 18.3 Å². The number of amides is 2. The lowest BCUT2D eigenvalue weighted by molar-refractivity contribution is 0.215. The summed E-state index contributed by atoms with van der Waals surface area (Å²) in [5.74, 6) is -1.72. The molecule has 0 saturated heterocycles. The molecule has 2 atom stereocenters. The van der Waals surface area contributed by atoms with Crippen LogP contribution in [0.5, 0.6) is 0 Å². The number of aliphatic hydroxyl groups is 1. The first kappa shape index (κ1) is 16.9. The predicted molar refractivity (Wildman–Crippen MR) is 84.2 cm³/mol. The van der Waals surface area contributed by atoms with Crippen molar-refractivity contribution < 1.29 is 18.7 Å². The van der Waals surface area contributed by atoms with Gasteiger partial charge in [-0.25, -0.2) is 13.6 Å². The number of anilines is 1. The van der Waals surface area contributed by atoms with E-state index in [1.807, 2.05) is 37.3 Å². The molecule has 0 aromatic heterocycles. The third-order valence-corrected chi connectivity index (χ3v) is 3.62. The Bertz CT molecular complexity index is 665. The van der Waals surface area contributed by atoms with E-state index in [-0.39, 0.29) is 18.2 Å². The lowest BCUT2D eigenvalue weighted by Gasteiger charge is -2.24. The van der Waals surface area contributed by atoms with Gasteiger partial charge in [0.2, 0.25) is 0 Å². The summed E-state index contributed by atoms with van der Waals surface area (Å²) in [4.78, 5) is 12.0. The minimum Gasteiger partial charge on any atom is -0.394 e. The Morgan fingerprint density at radius 3 is 2.48 bits per heavy atom. The summed E-state index contributed by atoms with van der Waals surface area (Å²) < 4.78 is 26.4. The Morgan fingerprint density at radius 1 is 1.17 bits per heavy atom. The zero-order valence-electron chi connectivity index (χ0n) is 12.6. The monoisotopic (exact) mass is 320 g/mol. The van der Waals surface area contributed by atoms with Crippen molar-refractivity contribution in [2.75, 3.05) is 11.9 Å². The van der Waals surface area contributed by atoms with Crippen molar-refractivity contribution in [2.45, 2.75) is 18.9 Å². The minimum atomic E-state index is -0.864. The number of aliphatic hydroxyl groups excluding tert-OH is 1. The van der Waals surface area contributed by atoms with Gasteiger partial charge >= 0.3 is 6.03 Å². The van der Waals surface area contributed by atoms with Crippen molar-refractivity contribution in [2.24, 2.45) is 0 Å². The number of benzene rings is 2. The fourth-order valence-corrected chi connectivity index (χ4v) is 2.24. The standard InChI is InChI=1S/C17H18F2N2O2/c1-11(12-5-3-2-4-6-12)16(10-22)21-17(23)20-15-8-7-13(18)9-14(15)19/h2-9,11,16,22H,10H2,1H3,(H2,20,21,23). The largest absolute Gasteiger partial charge is 0.394 e. The Kier molecular flexibility index (Phi) is 5.65. The molecule has 0 heterocycles. The molecule has 0 radical (unpaired) electrons. The normalized spacial score (nSPS) is 13.2. The van der Waals surface area contributed by atoms with E-state index in [9.17, 15) is 18.7 Å². The molecule has 2 rings (SSSR count). The first-order chi connectivity index (χ1) is 11.0. The maximum absolute atomic E-state index is 13.5. The summed E-state index contributed by atoms with van der Waals surface area (Å²) in [7, 11) is 0. The van der Waals surface area contributed by atoms with Crippen LogP contribution in [0.2, 0.25) is 0 Å². The van der Waals surface area contributed by atoms with E-state index in [1.54, 1.807) is 0 Å². The number of carbonyl (C=O) groups excluding carboxylic acids is 1. The molecule has 0 aliphatic carbocycles. The summed E-state index contributed by atoms with van der Waals surface area (Å²) >= 11 is 0. The number of halogens is 2. The highest BCUT2D eigenvalue weighted by atomic mass is 19.1. The van der Waals surface area contributed by atoms with Gasteiger partial charge in [0.1, 0.15) is 11.6 Å². The average Bonchev–Trinajstić information content (AvgIpc) is 2.55. The van der Waals surface area contributed by atoms with Crippen LogP contribution in [0.4, 0.5) is 19.3 Å². The summed E-state index contributed by atoms with van der Waals surface area (Å²) in [6, 6.07) is 11.1. The SMILES string of the molecule is CC(c1ccccc1)C(CO)NC(=O)Nc1ccc(F)cc1F. The van der Waals surface area contributed by atoms with Crippen LogP contribution in [0, 0.1) is 11.6 Å². The van der Waals surface area contributed by atoms with Crippen LogP contribution < -0.4 is 10.6 Å². The molecule has 0 aliphatic heterocycles. The number of rotatable bonds is 5. The molecule has 2 aromatic carbocycles. The number of carbonyl (C=O) groups is 1. The van der Waals surface area contributed by atoms with Gasteiger partial charge in [-0.15, -0.1) is 0 Å². The Morgan fingerprint density at radius 2 is 1.87 bits per heavy atom. The third kappa shape index (κ3) is 4.50. The van der Waals surface area contributed by atoms with Gasteiger partial charge in [-0.05, 0) is 17.7 Å². The molecule has 0 aliphatic rings. The molecular weight excluding hydrogens is 302 g/mol. The van der Waals surface area contributed by atoms with Gasteiger partial charge in [-0.1, -0.05) is 37.3 Å². The van der Waals surface area contributed by atoms with Crippen molar-refractivity contribution in [1.82, 2.24) is 5.32 Å². The van der Waals surface area contributed by atoms with Crippen LogP contribution in [0.15, 0.2) is 48.5 Å². The second-order valence-electron chi connectivity index (χ2n) is 5.21. The summed E-state index contributed by atoms with van der Waals surface area (Å²) in [5, 5.41) is 14.4. The number of hydrogen-bond acceptors (Lipinski definition) is 2. The highest BCUT2D eigenvalue weighted by molar-refractivity contribution is 5.89. The third-order valence-electron chi connectivity index (χ3n) is 3.62. The van der Waals surface area contributed by atoms with Crippen LogP contribution in [0.1, 0.15) is 18.4 Å². The van der Waals surface area contributed by atoms with Crippen LogP contribution in [0.25, 0.3) is 0 Å². The molecule has 2 amide bonds. The van der Waals surface area contributed by atoms with Crippen molar-refractivity contribution >= 4 is 11.7 Å². The van der Waals surface area contributed by atoms with Crippen LogP contribution in [0.3, 0.4) is 0 Å². The molecule has 3 N–H and O–H groups in total. The smallest absolute Gasteiger partial charge is 0.319 e. The van der Waals surface area contributed by atoms with E-state index in [0.29, 0.717) is 6.07 Å². The molecule has 2 unspecified atom stereocenters. The van der Waals surface area contributed by atoms with Gasteiger partial charge in [-0.3, -0.25) is 0 Å². The Labute approximate surface area is 133 Å². The molecule has 4 nitrogen and oxygen atoms in total. The zero-order valence-corrected chi connectivity index (χ0v) is 12.6. The van der Waals surface area contributed by atoms with E-state index < -0.39 is 23.7 Å². The van der Waals surface area contributed by atoms with Gasteiger partial charge in [0.15, 0.2) is 0 Å². The predicted octanol–water partition coefficient (Wildman–Crippen LogP) is 3.25. The summed E-state index contributed by atoms with van der Waals surface area (Å²) in [6.45, 7) is 1.60. The topological polar surface area (TPSA) is 61.4 Å². The van der Waals surface area contributed by atoms with Crippen molar-refractivity contribution in [3.05, 3.63) is 65.7 Å². The van der Waals surface area contributed by atoms with Gasteiger partial charge < -0.3 is 15.7 Å². The van der Waals surface area contributed by atoms with E-state index in [2.05, 4.69) is 10.6 Å². The highest BCUT2D eigenvalue weighted by Crippen LogP contribution is 2.19. The fourth-order valence-electron chi connectivity index (χ4n) is 2.24. The molecule has 0 bridgehead atoms. The summed E-state index contributed by atoms with van der Waals surface area (Å²) in [5.41, 5.74) is 0.827. The van der Waals surface area contributed by atoms with Crippen molar-refractivity contribution in [3.63, 3.8) is 0 Å². The zero-order chi connectivity index (χ0) is 16.8. The first-order valence-corrected chi connectivity index (χ1v) is 7.19. The van der Waals surface area contributed by atoms with Gasteiger partial charge in [0.25, 0.3) is 0 Å². The van der Waals surface area contributed by atoms with Crippen molar-refractivity contribution in [1.29, 1.82) is 0 Å². The highest BCUT2D eigenvalue weighted by Gasteiger charge is 2.20. The van der Waals surface area contributed by atoms with E-state index in [4.69, 9.17) is 0 Å². The summed E-state index contributed by atoms with van der Waals surface area (Å²) in [6.07, 6.45) is 0. The molecule has 6 heteroatoms. The van der Waals surface area contributed by atoms with Crippen molar-refractivity contribution in [3.8, 4) is 0 Å². The van der Waals surface area contributed by atoms with Crippen LogP contribution in [-0.4, -0.2) is 23.8 Å². The molecule has 0 fully saturated rings. The second kappa shape index (κ2) is 7.69. The van der Waals surface area contributed by atoms with E-state index in [1.165, 1.54) is 0 Å². The maximum Gasteiger partial charge on any atom is 0.319 e. The molecule has 0 spiro atoms. The lowest BCUT2D eigenvalue weighted by atomic mass is 9.94. The maximum atomic E-state index is 13.5. The van der Waals surface area contributed by atoms with Gasteiger partial charge in [0, 0.05) is 12.0 Å². The first-order valence-electron chi connectivity index (χ1n) is 7.19. The molecule has 0 saturated carbocycles. The average molecular weight is 320 g/mol. The van der Waals surface area contributed by atoms with Crippen LogP contribution >= 0.6 is 0 Å². The number of urea groups is 1. The van der Waals surface area contributed by atoms with Crippen LogP contribution in [-0.2, 0) is 0 Å². The minimum absolute atomic E-state index is 0.132. The Hall–Kier alpha value is -2.47. The lowest BCUT2D eigenvalue weighted by Crippen LogP contribution is -2.43. The van der Waals surface area contributed by atoms with Gasteiger partial charge in [-0.2, -0.15) is 0 Å². The second-order valence-corrected chi connectivity index (χ2v) is 5.21. The molecular formula is C17H18F2N2O2. The fraction of sp³-hybridized carbons (Fsp3) is 0.235. The van der Waals surface area contributed by atoms with E-state index >= 15 is 0 Å². The number of hydrogen-bond donors (Lipinski definition) is 3.